The number of fused-ring (bicyclic) bond motifs is 2. The van der Waals surface area contributed by atoms with E-state index in [1.54, 1.807) is 24.3 Å². The Bertz CT molecular complexity index is 1900. The number of amides is 4. The van der Waals surface area contributed by atoms with Crippen molar-refractivity contribution < 1.29 is 32.3 Å². The van der Waals surface area contributed by atoms with Gasteiger partial charge in [0.05, 0.1) is 33.6 Å². The summed E-state index contributed by atoms with van der Waals surface area (Å²) in [5.74, 6) is -3.00. The van der Waals surface area contributed by atoms with Gasteiger partial charge in [0.25, 0.3) is 23.6 Å². The lowest BCUT2D eigenvalue weighted by Gasteiger charge is -2.33. The maximum Gasteiger partial charge on any atom is 0.402 e. The number of imide groups is 2. The van der Waals surface area contributed by atoms with Crippen LogP contribution < -0.4 is 9.80 Å². The molecule has 4 aromatic rings. The molecular formula is C31H13Br6F3N2O4. The van der Waals surface area contributed by atoms with Gasteiger partial charge < -0.3 is 0 Å². The quantitative estimate of drug-likeness (QED) is 0.191. The number of alkyl halides is 3. The third-order valence-corrected chi connectivity index (χ3v) is 11.2. The first-order chi connectivity index (χ1) is 21.5. The Morgan fingerprint density at radius 2 is 0.804 bits per heavy atom. The predicted octanol–water partition coefficient (Wildman–Crippen LogP) is 10.7. The molecule has 0 atom stereocenters. The number of carbonyl (C=O) groups is 4. The number of hydrogen-bond donors (Lipinski definition) is 0. The van der Waals surface area contributed by atoms with Gasteiger partial charge in [0.1, 0.15) is 5.41 Å². The van der Waals surface area contributed by atoms with Crippen LogP contribution in [0.2, 0.25) is 0 Å². The normalized spacial score (nSPS) is 14.8. The van der Waals surface area contributed by atoms with Crippen molar-refractivity contribution in [3.8, 4) is 0 Å². The second kappa shape index (κ2) is 11.8. The number of benzene rings is 4. The molecule has 0 aromatic heterocycles. The Morgan fingerprint density at radius 1 is 0.500 bits per heavy atom. The van der Waals surface area contributed by atoms with Gasteiger partial charge in [-0.15, -0.1) is 0 Å². The van der Waals surface area contributed by atoms with Gasteiger partial charge in [0.15, 0.2) is 0 Å². The van der Waals surface area contributed by atoms with Crippen LogP contribution in [0.1, 0.15) is 59.5 Å². The van der Waals surface area contributed by atoms with E-state index in [1.165, 1.54) is 12.1 Å². The van der Waals surface area contributed by atoms with Crippen LogP contribution in [-0.4, -0.2) is 29.8 Å². The van der Waals surface area contributed by atoms with E-state index in [0.29, 0.717) is 26.8 Å². The average Bonchev–Trinajstić information content (AvgIpc) is 3.35. The first-order valence-electron chi connectivity index (χ1n) is 12.9. The molecule has 0 radical (unpaired) electrons. The van der Waals surface area contributed by atoms with Crippen molar-refractivity contribution in [1.29, 1.82) is 0 Å². The standard InChI is InChI=1S/C31H13Br6F3N2O4/c1-30(31(38,39)40,12-2-4-16-18(6-12)28(45)41(26(16)43)24-20(34)8-14(32)9-21(24)35)13-3-5-17-19(7-13)29(46)42(27(17)44)25-22(36)10-15(33)11-23(25)37/h2-11H,1H3. The second-order valence-electron chi connectivity index (χ2n) is 10.5. The molecule has 0 bridgehead atoms. The Labute approximate surface area is 309 Å². The number of hydrogen-bond acceptors (Lipinski definition) is 4. The van der Waals surface area contributed by atoms with Gasteiger partial charge in [-0.1, -0.05) is 44.0 Å². The molecule has 0 N–H and O–H groups in total. The zero-order chi connectivity index (χ0) is 33.6. The van der Waals surface area contributed by atoms with Crippen molar-refractivity contribution in [2.24, 2.45) is 0 Å². The largest absolute Gasteiger partial charge is 0.402 e. The smallest absolute Gasteiger partial charge is 0.268 e. The first-order valence-corrected chi connectivity index (χ1v) is 17.7. The predicted molar refractivity (Wildman–Crippen MR) is 187 cm³/mol. The van der Waals surface area contributed by atoms with Gasteiger partial charge in [-0.3, -0.25) is 19.2 Å². The summed E-state index contributed by atoms with van der Waals surface area (Å²) in [4.78, 5) is 55.8. The molecule has 4 aromatic carbocycles. The highest BCUT2D eigenvalue weighted by atomic mass is 79.9. The maximum absolute atomic E-state index is 15.1. The molecule has 0 spiro atoms. The fourth-order valence-corrected chi connectivity index (χ4v) is 10.7. The Hall–Kier alpha value is -2.17. The van der Waals surface area contributed by atoms with Crippen LogP contribution in [0, 0.1) is 0 Å². The van der Waals surface area contributed by atoms with Crippen molar-refractivity contribution in [3.05, 3.63) is 121 Å². The third kappa shape index (κ3) is 5.11. The lowest BCUT2D eigenvalue weighted by Crippen LogP contribution is -2.41. The van der Waals surface area contributed by atoms with E-state index in [9.17, 15) is 19.2 Å². The topological polar surface area (TPSA) is 74.8 Å². The summed E-state index contributed by atoms with van der Waals surface area (Å²) >= 11 is 20.1. The summed E-state index contributed by atoms with van der Waals surface area (Å²) in [6, 6.07) is 13.3. The molecule has 6 rings (SSSR count). The number of rotatable bonds is 4. The number of anilines is 2. The molecule has 2 aliphatic heterocycles. The van der Waals surface area contributed by atoms with Crippen molar-refractivity contribution in [3.63, 3.8) is 0 Å². The van der Waals surface area contributed by atoms with Crippen molar-refractivity contribution >= 4 is 131 Å². The van der Waals surface area contributed by atoms with E-state index in [-0.39, 0.29) is 44.8 Å². The lowest BCUT2D eigenvalue weighted by atomic mass is 9.74. The second-order valence-corrected chi connectivity index (χ2v) is 15.7. The highest BCUT2D eigenvalue weighted by molar-refractivity contribution is 9.12. The molecule has 6 nitrogen and oxygen atoms in total. The minimum absolute atomic E-state index is 0.0592. The summed E-state index contributed by atoms with van der Waals surface area (Å²) in [5.41, 5.74) is -3.54. The molecule has 0 fully saturated rings. The van der Waals surface area contributed by atoms with Crippen molar-refractivity contribution in [2.75, 3.05) is 9.80 Å². The number of nitrogens with zero attached hydrogens (tertiary/aromatic N) is 2. The third-order valence-electron chi connectivity index (χ3n) is 7.91. The van der Waals surface area contributed by atoms with E-state index in [1.807, 2.05) is 0 Å². The molecule has 234 valence electrons. The van der Waals surface area contributed by atoms with E-state index in [2.05, 4.69) is 95.6 Å². The average molecular weight is 1010 g/mol. The van der Waals surface area contributed by atoms with Crippen LogP contribution in [0.4, 0.5) is 24.5 Å². The summed E-state index contributed by atoms with van der Waals surface area (Å²) < 4.78 is 48.3. The fourth-order valence-electron chi connectivity index (χ4n) is 5.50. The van der Waals surface area contributed by atoms with Crippen LogP contribution in [0.3, 0.4) is 0 Å². The van der Waals surface area contributed by atoms with Crippen molar-refractivity contribution in [1.82, 2.24) is 0 Å². The zero-order valence-corrected chi connectivity index (χ0v) is 32.2. The highest BCUT2D eigenvalue weighted by Gasteiger charge is 2.55. The van der Waals surface area contributed by atoms with Gasteiger partial charge in [-0.25, -0.2) is 9.80 Å². The van der Waals surface area contributed by atoms with E-state index in [0.717, 1.165) is 41.0 Å². The molecule has 0 saturated carbocycles. The summed E-state index contributed by atoms with van der Waals surface area (Å²) in [7, 11) is 0. The number of halogens is 9. The van der Waals surface area contributed by atoms with Crippen LogP contribution in [-0.2, 0) is 5.41 Å². The molecule has 0 saturated heterocycles. The fraction of sp³-hybridized carbons (Fsp3) is 0.0968. The minimum atomic E-state index is -4.93. The molecule has 2 aliphatic rings. The molecule has 46 heavy (non-hydrogen) atoms. The first kappa shape index (κ1) is 33.7. The molecule has 4 amide bonds. The maximum atomic E-state index is 15.1. The Morgan fingerprint density at radius 3 is 1.11 bits per heavy atom. The molecule has 0 unspecified atom stereocenters. The molecule has 15 heteroatoms. The van der Waals surface area contributed by atoms with Crippen LogP contribution in [0.25, 0.3) is 0 Å². The molecule has 2 heterocycles. The van der Waals surface area contributed by atoms with Gasteiger partial charge in [-0.05, 0) is 130 Å². The van der Waals surface area contributed by atoms with Crippen LogP contribution >= 0.6 is 95.6 Å². The van der Waals surface area contributed by atoms with E-state index in [4.69, 9.17) is 0 Å². The minimum Gasteiger partial charge on any atom is -0.268 e. The van der Waals surface area contributed by atoms with Gasteiger partial charge >= 0.3 is 6.18 Å². The lowest BCUT2D eigenvalue weighted by molar-refractivity contribution is -0.173. The Kier molecular flexibility index (Phi) is 8.62. The molecule has 0 aliphatic carbocycles. The molecular weight excluding hydrogens is 1000 g/mol. The summed E-state index contributed by atoms with van der Waals surface area (Å²) in [6.07, 6.45) is -4.93. The van der Waals surface area contributed by atoms with Crippen LogP contribution in [0.5, 0.6) is 0 Å². The summed E-state index contributed by atoms with van der Waals surface area (Å²) in [5, 5.41) is 0. The number of carbonyl (C=O) groups excluding carboxylic acids is 4. The van der Waals surface area contributed by atoms with E-state index < -0.39 is 35.2 Å². The van der Waals surface area contributed by atoms with Gasteiger partial charge in [-0.2, -0.15) is 13.2 Å². The highest BCUT2D eigenvalue weighted by Crippen LogP contribution is 2.49. The summed E-state index contributed by atoms with van der Waals surface area (Å²) in [6.45, 7) is 0.929. The van der Waals surface area contributed by atoms with Crippen LogP contribution in [0.15, 0.2) is 87.5 Å². The SMILES string of the molecule is CC(c1ccc2c(c1)C(=O)N(c1c(Br)cc(Br)cc1Br)C2=O)(c1ccc2c(c1)C(=O)N(c1c(Br)cc(Br)cc1Br)C2=O)C(F)(F)F. The van der Waals surface area contributed by atoms with Gasteiger partial charge in [0.2, 0.25) is 0 Å². The van der Waals surface area contributed by atoms with Gasteiger partial charge in [0, 0.05) is 26.8 Å². The monoisotopic (exact) mass is 1010 g/mol. The zero-order valence-electron chi connectivity index (χ0n) is 22.7. The van der Waals surface area contributed by atoms with Crippen molar-refractivity contribution in [2.45, 2.75) is 18.5 Å². The van der Waals surface area contributed by atoms with E-state index >= 15 is 13.2 Å². The Balaban J connectivity index is 1.45.